The first kappa shape index (κ1) is 11.9. The monoisotopic (exact) mass is 224 g/mol. The number of nitrogens with zero attached hydrogens (tertiary/aromatic N) is 1. The van der Waals surface area contributed by atoms with Crippen LogP contribution in [-0.2, 0) is 4.79 Å². The van der Waals surface area contributed by atoms with Crippen molar-refractivity contribution in [1.29, 1.82) is 0 Å². The Morgan fingerprint density at radius 1 is 1.31 bits per heavy atom. The molecule has 0 aliphatic carbocycles. The van der Waals surface area contributed by atoms with E-state index in [1.807, 2.05) is 13.8 Å². The average molecular weight is 224 g/mol. The predicted molar refractivity (Wildman–Crippen MR) is 65.2 cm³/mol. The normalized spacial score (nSPS) is 31.1. The molecule has 1 amide bonds. The summed E-state index contributed by atoms with van der Waals surface area (Å²) in [6.07, 6.45) is 4.97. The second kappa shape index (κ2) is 5.17. The predicted octanol–water partition coefficient (Wildman–Crippen LogP) is 1.63. The van der Waals surface area contributed by atoms with E-state index in [-0.39, 0.29) is 5.92 Å². The molecule has 0 aromatic rings. The fourth-order valence-electron chi connectivity index (χ4n) is 3.10. The summed E-state index contributed by atoms with van der Waals surface area (Å²) in [5, 5.41) is 3.46. The molecule has 2 saturated heterocycles. The molecule has 0 radical (unpaired) electrons. The van der Waals surface area contributed by atoms with Crippen LogP contribution in [0, 0.1) is 11.8 Å². The molecule has 1 N–H and O–H groups in total. The second-order valence-electron chi connectivity index (χ2n) is 5.50. The molecule has 2 unspecified atom stereocenters. The molecule has 3 nitrogen and oxygen atoms in total. The molecule has 3 heteroatoms. The maximum atomic E-state index is 12.1. The van der Waals surface area contributed by atoms with Crippen LogP contribution in [-0.4, -0.2) is 36.5 Å². The number of carbonyl (C=O) groups is 1. The van der Waals surface area contributed by atoms with Gasteiger partial charge in [0.1, 0.15) is 0 Å². The molecular weight excluding hydrogens is 200 g/mol. The molecule has 0 spiro atoms. The fraction of sp³-hybridized carbons (Fsp3) is 0.923. The van der Waals surface area contributed by atoms with Crippen molar-refractivity contribution < 1.29 is 4.79 Å². The summed E-state index contributed by atoms with van der Waals surface area (Å²) < 4.78 is 0. The van der Waals surface area contributed by atoms with Gasteiger partial charge in [0.05, 0.1) is 0 Å². The molecule has 2 aliphatic heterocycles. The van der Waals surface area contributed by atoms with Crippen LogP contribution in [0.2, 0.25) is 0 Å². The van der Waals surface area contributed by atoms with Gasteiger partial charge >= 0.3 is 0 Å². The Bertz CT molecular complexity index is 246. The smallest absolute Gasteiger partial charge is 0.225 e. The van der Waals surface area contributed by atoms with E-state index in [1.165, 1.54) is 25.7 Å². The van der Waals surface area contributed by atoms with Gasteiger partial charge in [-0.15, -0.1) is 0 Å². The highest BCUT2D eigenvalue weighted by molar-refractivity contribution is 5.78. The lowest BCUT2D eigenvalue weighted by atomic mass is 9.90. The molecule has 92 valence electrons. The van der Waals surface area contributed by atoms with Crippen molar-refractivity contribution >= 4 is 5.91 Å². The molecule has 0 bridgehead atoms. The van der Waals surface area contributed by atoms with Crippen molar-refractivity contribution in [2.45, 2.75) is 45.6 Å². The van der Waals surface area contributed by atoms with Crippen molar-refractivity contribution in [3.8, 4) is 0 Å². The summed E-state index contributed by atoms with van der Waals surface area (Å²) in [5.74, 6) is 1.20. The molecule has 16 heavy (non-hydrogen) atoms. The van der Waals surface area contributed by atoms with Crippen molar-refractivity contribution in [1.82, 2.24) is 10.2 Å². The molecule has 2 heterocycles. The highest BCUT2D eigenvalue weighted by Crippen LogP contribution is 2.29. The highest BCUT2D eigenvalue weighted by Gasteiger charge is 2.35. The number of carbonyl (C=O) groups excluding carboxylic acids is 1. The van der Waals surface area contributed by atoms with Gasteiger partial charge in [-0.1, -0.05) is 13.8 Å². The van der Waals surface area contributed by atoms with Gasteiger partial charge in [-0.25, -0.2) is 0 Å². The van der Waals surface area contributed by atoms with Gasteiger partial charge in [0, 0.05) is 18.5 Å². The van der Waals surface area contributed by atoms with E-state index in [4.69, 9.17) is 0 Å². The van der Waals surface area contributed by atoms with E-state index in [2.05, 4.69) is 10.2 Å². The Balaban J connectivity index is 1.99. The third kappa shape index (κ3) is 2.40. The first-order valence-corrected chi connectivity index (χ1v) is 6.71. The number of amides is 1. The molecule has 0 saturated carbocycles. The summed E-state index contributed by atoms with van der Waals surface area (Å²) in [6.45, 7) is 7.26. The van der Waals surface area contributed by atoms with Crippen molar-refractivity contribution in [2.24, 2.45) is 11.8 Å². The summed E-state index contributed by atoms with van der Waals surface area (Å²) >= 11 is 0. The lowest BCUT2D eigenvalue weighted by molar-refractivity contribution is -0.136. The Morgan fingerprint density at radius 2 is 2.12 bits per heavy atom. The lowest BCUT2D eigenvalue weighted by Gasteiger charge is -2.35. The van der Waals surface area contributed by atoms with Crippen LogP contribution < -0.4 is 5.32 Å². The largest absolute Gasteiger partial charge is 0.339 e. The van der Waals surface area contributed by atoms with Crippen LogP contribution in [0.5, 0.6) is 0 Å². The zero-order chi connectivity index (χ0) is 11.5. The summed E-state index contributed by atoms with van der Waals surface area (Å²) in [4.78, 5) is 14.3. The van der Waals surface area contributed by atoms with E-state index in [9.17, 15) is 4.79 Å². The number of likely N-dealkylation sites (tertiary alicyclic amines) is 1. The Morgan fingerprint density at radius 3 is 2.75 bits per heavy atom. The number of hydrogen-bond acceptors (Lipinski definition) is 2. The highest BCUT2D eigenvalue weighted by atomic mass is 16.2. The molecule has 2 aliphatic rings. The number of rotatable bonds is 2. The topological polar surface area (TPSA) is 32.3 Å². The van der Waals surface area contributed by atoms with Gasteiger partial charge in [-0.3, -0.25) is 4.79 Å². The second-order valence-corrected chi connectivity index (χ2v) is 5.50. The zero-order valence-corrected chi connectivity index (χ0v) is 10.5. The lowest BCUT2D eigenvalue weighted by Crippen LogP contribution is -2.46. The van der Waals surface area contributed by atoms with Crippen LogP contribution in [0.3, 0.4) is 0 Å². The van der Waals surface area contributed by atoms with E-state index >= 15 is 0 Å². The standard InChI is InChI=1S/C13H24N2O/c1-10(2)13(16)15-8-4-6-12(15)11-5-3-7-14-9-11/h10-12,14H,3-9H2,1-2H3. The van der Waals surface area contributed by atoms with Gasteiger partial charge in [-0.05, 0) is 44.7 Å². The average Bonchev–Trinajstić information content (AvgIpc) is 2.77. The SMILES string of the molecule is CC(C)C(=O)N1CCCC1C1CCCNC1. The maximum absolute atomic E-state index is 12.1. The van der Waals surface area contributed by atoms with E-state index in [0.717, 1.165) is 19.6 Å². The van der Waals surface area contributed by atoms with Crippen molar-refractivity contribution in [2.75, 3.05) is 19.6 Å². The van der Waals surface area contributed by atoms with E-state index < -0.39 is 0 Å². The molecule has 0 aromatic carbocycles. The minimum Gasteiger partial charge on any atom is -0.339 e. The molecule has 2 rings (SSSR count). The number of hydrogen-bond donors (Lipinski definition) is 1. The molecule has 2 fully saturated rings. The number of piperidine rings is 1. The zero-order valence-electron chi connectivity index (χ0n) is 10.5. The third-order valence-corrected chi connectivity index (χ3v) is 3.96. The summed E-state index contributed by atoms with van der Waals surface area (Å²) in [5.41, 5.74) is 0. The fourth-order valence-corrected chi connectivity index (χ4v) is 3.10. The van der Waals surface area contributed by atoms with Gasteiger partial charge in [0.15, 0.2) is 0 Å². The minimum atomic E-state index is 0.150. The Labute approximate surface area is 98.6 Å². The molecule has 2 atom stereocenters. The Kier molecular flexibility index (Phi) is 3.85. The third-order valence-electron chi connectivity index (χ3n) is 3.96. The van der Waals surface area contributed by atoms with Gasteiger partial charge in [-0.2, -0.15) is 0 Å². The first-order chi connectivity index (χ1) is 7.70. The minimum absolute atomic E-state index is 0.150. The maximum Gasteiger partial charge on any atom is 0.225 e. The van der Waals surface area contributed by atoms with E-state index in [1.54, 1.807) is 0 Å². The summed E-state index contributed by atoms with van der Waals surface area (Å²) in [6, 6.07) is 0.516. The van der Waals surface area contributed by atoms with Gasteiger partial charge in [0.25, 0.3) is 0 Å². The van der Waals surface area contributed by atoms with Crippen LogP contribution in [0.1, 0.15) is 39.5 Å². The van der Waals surface area contributed by atoms with Crippen molar-refractivity contribution in [3.05, 3.63) is 0 Å². The number of nitrogens with one attached hydrogen (secondary N) is 1. The molecular formula is C13H24N2O. The quantitative estimate of drug-likeness (QED) is 0.773. The van der Waals surface area contributed by atoms with Crippen LogP contribution >= 0.6 is 0 Å². The first-order valence-electron chi connectivity index (χ1n) is 6.71. The van der Waals surface area contributed by atoms with Crippen molar-refractivity contribution in [3.63, 3.8) is 0 Å². The summed E-state index contributed by atoms with van der Waals surface area (Å²) in [7, 11) is 0. The van der Waals surface area contributed by atoms with Gasteiger partial charge < -0.3 is 10.2 Å². The van der Waals surface area contributed by atoms with Crippen LogP contribution in [0.25, 0.3) is 0 Å². The molecule has 0 aromatic heterocycles. The Hall–Kier alpha value is -0.570. The van der Waals surface area contributed by atoms with E-state index in [0.29, 0.717) is 17.9 Å². The van der Waals surface area contributed by atoms with Gasteiger partial charge in [0.2, 0.25) is 5.91 Å². The van der Waals surface area contributed by atoms with Crippen LogP contribution in [0.15, 0.2) is 0 Å². The van der Waals surface area contributed by atoms with Crippen LogP contribution in [0.4, 0.5) is 0 Å².